The van der Waals surface area contributed by atoms with E-state index in [0.717, 1.165) is 69.8 Å². The first-order valence-corrected chi connectivity index (χ1v) is 14.4. The maximum absolute atomic E-state index is 13.4. The van der Waals surface area contributed by atoms with E-state index in [9.17, 15) is 23.7 Å². The highest BCUT2D eigenvalue weighted by Crippen LogP contribution is 2.29. The minimum absolute atomic E-state index is 0. The zero-order chi connectivity index (χ0) is 29.8. The summed E-state index contributed by atoms with van der Waals surface area (Å²) in [5, 5.41) is 14.0. The SMILES string of the molecule is CC1CN(c2ncc(C(=O)NCc3ccc(F)c(F)c3)cc2Cl)CCN1C1CCN(Cc2ccc([N+](=O)[O-])cc2)CC1.[HH]. The highest BCUT2D eigenvalue weighted by molar-refractivity contribution is 6.33. The van der Waals surface area contributed by atoms with Crippen molar-refractivity contribution in [3.63, 3.8) is 0 Å². The molecule has 12 heteroatoms. The Labute approximate surface area is 249 Å². The molecule has 0 saturated carbocycles. The Morgan fingerprint density at radius 3 is 2.43 bits per heavy atom. The van der Waals surface area contributed by atoms with E-state index < -0.39 is 17.5 Å². The number of piperidine rings is 1. The number of benzene rings is 2. The van der Waals surface area contributed by atoms with E-state index in [2.05, 4.69) is 31.9 Å². The highest BCUT2D eigenvalue weighted by atomic mass is 35.5. The van der Waals surface area contributed by atoms with E-state index in [1.165, 1.54) is 12.3 Å². The zero-order valence-electron chi connectivity index (χ0n) is 23.3. The van der Waals surface area contributed by atoms with Gasteiger partial charge in [0.05, 0.1) is 15.5 Å². The van der Waals surface area contributed by atoms with Crippen molar-refractivity contribution >= 4 is 29.0 Å². The number of amides is 1. The van der Waals surface area contributed by atoms with Gasteiger partial charge in [-0.25, -0.2) is 13.8 Å². The number of piperazine rings is 1. The van der Waals surface area contributed by atoms with Gasteiger partial charge >= 0.3 is 0 Å². The van der Waals surface area contributed by atoms with E-state index in [1.807, 2.05) is 12.1 Å². The summed E-state index contributed by atoms with van der Waals surface area (Å²) in [4.78, 5) is 34.8. The standard InChI is InChI=1S/C30H33ClF2N6O3.H2/c1-20-18-37(29-26(31)15-23(17-34-29)30(40)35-16-22-4-7-27(32)28(33)14-22)12-13-38(20)24-8-10-36(11-9-24)19-21-2-5-25(6-3-21)39(41)42;/h2-7,14-15,17,20,24H,8-13,16,18-19H2,1H3,(H,35,40);1H. The number of hydrogen-bond donors (Lipinski definition) is 1. The van der Waals surface area contributed by atoms with Crippen LogP contribution >= 0.6 is 11.6 Å². The van der Waals surface area contributed by atoms with Gasteiger partial charge in [0, 0.05) is 64.6 Å². The Balaban J connectivity index is 0.00000423. The Kier molecular flexibility index (Phi) is 9.30. The summed E-state index contributed by atoms with van der Waals surface area (Å²) in [7, 11) is 0. The Morgan fingerprint density at radius 2 is 1.79 bits per heavy atom. The third-order valence-electron chi connectivity index (χ3n) is 8.08. The number of anilines is 1. The molecule has 1 N–H and O–H groups in total. The number of nitro groups is 1. The maximum atomic E-state index is 13.4. The first kappa shape index (κ1) is 29.8. The summed E-state index contributed by atoms with van der Waals surface area (Å²) in [5.74, 6) is -1.67. The molecule has 224 valence electrons. The van der Waals surface area contributed by atoms with Crippen molar-refractivity contribution in [2.24, 2.45) is 0 Å². The summed E-state index contributed by atoms with van der Waals surface area (Å²) >= 11 is 6.57. The van der Waals surface area contributed by atoms with Crippen LogP contribution in [0.3, 0.4) is 0 Å². The van der Waals surface area contributed by atoms with Gasteiger partial charge in [-0.05, 0) is 62.2 Å². The largest absolute Gasteiger partial charge is 0.353 e. The number of nitrogens with zero attached hydrogens (tertiary/aromatic N) is 5. The number of halogens is 3. The number of nitrogens with one attached hydrogen (secondary N) is 1. The fraction of sp³-hybridized carbons (Fsp3) is 0.400. The van der Waals surface area contributed by atoms with Gasteiger partial charge in [0.2, 0.25) is 0 Å². The van der Waals surface area contributed by atoms with Gasteiger partial charge in [-0.3, -0.25) is 24.7 Å². The number of nitro benzene ring substituents is 1. The van der Waals surface area contributed by atoms with Crippen LogP contribution in [0.15, 0.2) is 54.7 Å². The van der Waals surface area contributed by atoms with Crippen LogP contribution < -0.4 is 10.2 Å². The molecule has 2 aliphatic rings. The van der Waals surface area contributed by atoms with Crippen LogP contribution in [0.5, 0.6) is 0 Å². The van der Waals surface area contributed by atoms with E-state index in [-0.39, 0.29) is 18.6 Å². The molecular formula is C30H35ClF2N6O3. The molecule has 0 aliphatic carbocycles. The molecule has 2 aromatic carbocycles. The first-order valence-electron chi connectivity index (χ1n) is 14.0. The number of pyridine rings is 1. The number of carbonyl (C=O) groups excluding carboxylic acids is 1. The minimum atomic E-state index is -0.963. The number of rotatable bonds is 8. The fourth-order valence-corrected chi connectivity index (χ4v) is 6.10. The van der Waals surface area contributed by atoms with Crippen LogP contribution in [0, 0.1) is 21.7 Å². The first-order chi connectivity index (χ1) is 20.2. The normalized spacial score (nSPS) is 18.7. The lowest BCUT2D eigenvalue weighted by molar-refractivity contribution is -0.384. The van der Waals surface area contributed by atoms with Crippen molar-refractivity contribution in [1.82, 2.24) is 20.1 Å². The second-order valence-corrected chi connectivity index (χ2v) is 11.3. The lowest BCUT2D eigenvalue weighted by atomic mass is 9.99. The van der Waals surface area contributed by atoms with Crippen LogP contribution in [0.1, 0.15) is 42.7 Å². The van der Waals surface area contributed by atoms with Gasteiger partial charge in [-0.2, -0.15) is 0 Å². The summed E-state index contributed by atoms with van der Waals surface area (Å²) in [5.41, 5.74) is 1.93. The monoisotopic (exact) mass is 600 g/mol. The number of aromatic nitrogens is 1. The number of likely N-dealkylation sites (tertiary alicyclic amines) is 1. The molecule has 3 aromatic rings. The van der Waals surface area contributed by atoms with Crippen molar-refractivity contribution in [3.05, 3.63) is 98.2 Å². The van der Waals surface area contributed by atoms with Crippen LogP contribution in [-0.2, 0) is 13.1 Å². The molecule has 1 aromatic heterocycles. The van der Waals surface area contributed by atoms with Gasteiger partial charge in [0.15, 0.2) is 11.6 Å². The molecule has 1 unspecified atom stereocenters. The smallest absolute Gasteiger partial charge is 0.269 e. The molecule has 42 heavy (non-hydrogen) atoms. The zero-order valence-corrected chi connectivity index (χ0v) is 24.1. The third-order valence-corrected chi connectivity index (χ3v) is 8.36. The van der Waals surface area contributed by atoms with Crippen molar-refractivity contribution < 1.29 is 19.9 Å². The molecule has 1 atom stereocenters. The molecule has 0 bridgehead atoms. The lowest BCUT2D eigenvalue weighted by Gasteiger charge is -2.47. The van der Waals surface area contributed by atoms with Crippen molar-refractivity contribution in [3.8, 4) is 0 Å². The number of non-ortho nitro benzene ring substituents is 1. The molecule has 5 rings (SSSR count). The Bertz CT molecular complexity index is 1440. The summed E-state index contributed by atoms with van der Waals surface area (Å²) in [6.45, 7) is 7.40. The summed E-state index contributed by atoms with van der Waals surface area (Å²) in [6.07, 6.45) is 3.61. The molecule has 2 saturated heterocycles. The van der Waals surface area contributed by atoms with Crippen LogP contribution in [0.2, 0.25) is 5.02 Å². The maximum Gasteiger partial charge on any atom is 0.269 e. The Morgan fingerprint density at radius 1 is 1.07 bits per heavy atom. The second kappa shape index (κ2) is 13.1. The van der Waals surface area contributed by atoms with Crippen molar-refractivity contribution in [2.75, 3.05) is 37.6 Å². The summed E-state index contributed by atoms with van der Waals surface area (Å²) in [6, 6.07) is 12.6. The molecule has 3 heterocycles. The van der Waals surface area contributed by atoms with Crippen LogP contribution in [-0.4, -0.2) is 70.4 Å². The van der Waals surface area contributed by atoms with E-state index >= 15 is 0 Å². The molecule has 2 fully saturated rings. The summed E-state index contributed by atoms with van der Waals surface area (Å²) < 4.78 is 26.6. The minimum Gasteiger partial charge on any atom is -0.353 e. The van der Waals surface area contributed by atoms with Gasteiger partial charge in [-0.1, -0.05) is 29.8 Å². The van der Waals surface area contributed by atoms with Crippen molar-refractivity contribution in [2.45, 2.75) is 44.9 Å². The second-order valence-electron chi connectivity index (χ2n) is 10.9. The molecule has 0 spiro atoms. The predicted molar refractivity (Wildman–Crippen MR) is 159 cm³/mol. The lowest BCUT2D eigenvalue weighted by Crippen LogP contribution is -2.57. The molecule has 1 amide bonds. The van der Waals surface area contributed by atoms with E-state index in [0.29, 0.717) is 34.1 Å². The van der Waals surface area contributed by atoms with Crippen molar-refractivity contribution in [1.29, 1.82) is 0 Å². The van der Waals surface area contributed by atoms with Gasteiger partial charge in [0.1, 0.15) is 5.82 Å². The Hall–Kier alpha value is -3.67. The van der Waals surface area contributed by atoms with Gasteiger partial charge in [-0.15, -0.1) is 0 Å². The molecule has 2 aliphatic heterocycles. The molecule has 0 radical (unpaired) electrons. The van der Waals surface area contributed by atoms with Gasteiger partial charge in [0.25, 0.3) is 11.6 Å². The topological polar surface area (TPSA) is 94.9 Å². The van der Waals surface area contributed by atoms with Crippen LogP contribution in [0.25, 0.3) is 0 Å². The van der Waals surface area contributed by atoms with E-state index in [4.69, 9.17) is 11.6 Å². The average molecular weight is 601 g/mol. The average Bonchev–Trinajstić information content (AvgIpc) is 2.98. The number of hydrogen-bond acceptors (Lipinski definition) is 7. The van der Waals surface area contributed by atoms with E-state index in [1.54, 1.807) is 18.2 Å². The predicted octanol–water partition coefficient (Wildman–Crippen LogP) is 5.27. The third kappa shape index (κ3) is 7.03. The van der Waals surface area contributed by atoms with Gasteiger partial charge < -0.3 is 10.2 Å². The molecule has 9 nitrogen and oxygen atoms in total. The highest BCUT2D eigenvalue weighted by Gasteiger charge is 2.32. The molecular weight excluding hydrogens is 566 g/mol. The fourth-order valence-electron chi connectivity index (χ4n) is 5.82. The van der Waals surface area contributed by atoms with Crippen LogP contribution in [0.4, 0.5) is 20.3 Å². The quantitative estimate of drug-likeness (QED) is 0.278. The number of carbonyl (C=O) groups is 1.